The molecule has 0 aliphatic carbocycles. The number of likely N-dealkylation sites (N-methyl/N-ethyl adjacent to an activating group) is 1. The molecule has 0 bridgehead atoms. The standard InChI is InChI=1S/C20H24N2O3/c1-15-5-3-4-6-18(15)25-14-20(23)21-17-9-7-16(8-10-17)19-13-22(2)11-12-24-19/h3-10,19H,11-14H2,1-2H3,(H,21,23). The maximum Gasteiger partial charge on any atom is 0.262 e. The first kappa shape index (κ1) is 17.5. The second-order valence-electron chi connectivity index (χ2n) is 6.35. The topological polar surface area (TPSA) is 50.8 Å². The summed E-state index contributed by atoms with van der Waals surface area (Å²) < 4.78 is 11.4. The molecule has 0 radical (unpaired) electrons. The number of carbonyl (C=O) groups excluding carboxylic acids is 1. The quantitative estimate of drug-likeness (QED) is 0.909. The van der Waals surface area contributed by atoms with Crippen molar-refractivity contribution in [1.29, 1.82) is 0 Å². The smallest absolute Gasteiger partial charge is 0.262 e. The van der Waals surface area contributed by atoms with Gasteiger partial charge in [-0.25, -0.2) is 0 Å². The first-order valence-corrected chi connectivity index (χ1v) is 8.50. The minimum Gasteiger partial charge on any atom is -0.483 e. The molecule has 5 nitrogen and oxygen atoms in total. The number of rotatable bonds is 5. The van der Waals surface area contributed by atoms with E-state index in [1.165, 1.54) is 0 Å². The Balaban J connectivity index is 1.52. The van der Waals surface area contributed by atoms with Gasteiger partial charge in [0.15, 0.2) is 6.61 Å². The Morgan fingerprint density at radius 1 is 1.24 bits per heavy atom. The summed E-state index contributed by atoms with van der Waals surface area (Å²) in [6.07, 6.45) is 0.0906. The molecule has 1 aliphatic rings. The van der Waals surface area contributed by atoms with Gasteiger partial charge in [0.2, 0.25) is 0 Å². The summed E-state index contributed by atoms with van der Waals surface area (Å²) in [7, 11) is 2.10. The molecule has 1 aliphatic heterocycles. The Bertz CT molecular complexity index is 715. The minimum absolute atomic E-state index is 0.0108. The predicted octanol–water partition coefficient (Wildman–Crippen LogP) is 3.02. The van der Waals surface area contributed by atoms with E-state index in [4.69, 9.17) is 9.47 Å². The van der Waals surface area contributed by atoms with Crippen LogP contribution in [0.2, 0.25) is 0 Å². The molecule has 3 rings (SSSR count). The van der Waals surface area contributed by atoms with Crippen LogP contribution in [-0.2, 0) is 9.53 Å². The molecular formula is C20H24N2O3. The van der Waals surface area contributed by atoms with Gasteiger partial charge >= 0.3 is 0 Å². The molecular weight excluding hydrogens is 316 g/mol. The molecule has 1 saturated heterocycles. The Kier molecular flexibility index (Phi) is 5.68. The summed E-state index contributed by atoms with van der Waals surface area (Å²) in [5.74, 6) is 0.552. The number of aryl methyl sites for hydroxylation is 1. The number of amides is 1. The van der Waals surface area contributed by atoms with E-state index in [-0.39, 0.29) is 18.6 Å². The summed E-state index contributed by atoms with van der Waals surface area (Å²) in [4.78, 5) is 14.3. The molecule has 0 spiro atoms. The van der Waals surface area contributed by atoms with Gasteiger partial charge in [0.25, 0.3) is 5.91 Å². The summed E-state index contributed by atoms with van der Waals surface area (Å²) >= 11 is 0. The summed E-state index contributed by atoms with van der Waals surface area (Å²) in [6, 6.07) is 15.5. The van der Waals surface area contributed by atoms with Crippen molar-refractivity contribution in [3.8, 4) is 5.75 Å². The summed E-state index contributed by atoms with van der Waals surface area (Å²) in [6.45, 7) is 4.54. The van der Waals surface area contributed by atoms with E-state index in [9.17, 15) is 4.79 Å². The highest BCUT2D eigenvalue weighted by atomic mass is 16.5. The fraction of sp³-hybridized carbons (Fsp3) is 0.350. The number of nitrogens with zero attached hydrogens (tertiary/aromatic N) is 1. The minimum atomic E-state index is -0.176. The molecule has 0 aromatic heterocycles. The van der Waals surface area contributed by atoms with Gasteiger partial charge in [-0.15, -0.1) is 0 Å². The van der Waals surface area contributed by atoms with Gasteiger partial charge in [-0.05, 0) is 43.3 Å². The average molecular weight is 340 g/mol. The van der Waals surface area contributed by atoms with Gasteiger partial charge in [0.05, 0.1) is 12.7 Å². The molecule has 1 atom stereocenters. The average Bonchev–Trinajstić information content (AvgIpc) is 2.62. The van der Waals surface area contributed by atoms with E-state index in [0.717, 1.165) is 42.3 Å². The van der Waals surface area contributed by atoms with E-state index in [1.807, 2.05) is 55.5 Å². The van der Waals surface area contributed by atoms with Crippen molar-refractivity contribution in [2.24, 2.45) is 0 Å². The van der Waals surface area contributed by atoms with Crippen molar-refractivity contribution >= 4 is 11.6 Å². The lowest BCUT2D eigenvalue weighted by Gasteiger charge is -2.30. The Morgan fingerprint density at radius 3 is 2.72 bits per heavy atom. The van der Waals surface area contributed by atoms with E-state index in [0.29, 0.717) is 0 Å². The summed E-state index contributed by atoms with van der Waals surface area (Å²) in [5, 5.41) is 2.86. The van der Waals surface area contributed by atoms with Crippen molar-refractivity contribution < 1.29 is 14.3 Å². The lowest BCUT2D eigenvalue weighted by Crippen LogP contribution is -2.35. The van der Waals surface area contributed by atoms with E-state index in [2.05, 4.69) is 17.3 Å². The van der Waals surface area contributed by atoms with Gasteiger partial charge < -0.3 is 19.7 Å². The van der Waals surface area contributed by atoms with Crippen LogP contribution in [0.15, 0.2) is 48.5 Å². The third kappa shape index (κ3) is 4.81. The molecule has 1 fully saturated rings. The molecule has 1 amide bonds. The monoisotopic (exact) mass is 340 g/mol. The fourth-order valence-electron chi connectivity index (χ4n) is 2.82. The van der Waals surface area contributed by atoms with Crippen LogP contribution in [0.1, 0.15) is 17.2 Å². The molecule has 2 aromatic carbocycles. The number of morpholine rings is 1. The Hall–Kier alpha value is -2.37. The first-order valence-electron chi connectivity index (χ1n) is 8.50. The van der Waals surface area contributed by atoms with Crippen molar-refractivity contribution in [3.63, 3.8) is 0 Å². The zero-order chi connectivity index (χ0) is 17.6. The van der Waals surface area contributed by atoms with Gasteiger partial charge in [-0.1, -0.05) is 30.3 Å². The van der Waals surface area contributed by atoms with E-state index in [1.54, 1.807) is 0 Å². The highest BCUT2D eigenvalue weighted by Gasteiger charge is 2.19. The fourth-order valence-corrected chi connectivity index (χ4v) is 2.82. The highest BCUT2D eigenvalue weighted by Crippen LogP contribution is 2.23. The number of ether oxygens (including phenoxy) is 2. The normalized spacial score (nSPS) is 17.9. The van der Waals surface area contributed by atoms with E-state index < -0.39 is 0 Å². The van der Waals surface area contributed by atoms with Crippen molar-refractivity contribution in [2.45, 2.75) is 13.0 Å². The zero-order valence-corrected chi connectivity index (χ0v) is 14.7. The van der Waals surface area contributed by atoms with Crippen LogP contribution in [0.4, 0.5) is 5.69 Å². The molecule has 5 heteroatoms. The third-order valence-electron chi connectivity index (χ3n) is 4.29. The Labute approximate surface area is 148 Å². The van der Waals surface area contributed by atoms with E-state index >= 15 is 0 Å². The molecule has 0 saturated carbocycles. The van der Waals surface area contributed by atoms with Crippen LogP contribution >= 0.6 is 0 Å². The number of benzene rings is 2. The van der Waals surface area contributed by atoms with Gasteiger partial charge in [0, 0.05) is 18.8 Å². The molecule has 1 heterocycles. The largest absolute Gasteiger partial charge is 0.483 e. The second kappa shape index (κ2) is 8.14. The number of anilines is 1. The third-order valence-corrected chi connectivity index (χ3v) is 4.29. The number of para-hydroxylation sites is 1. The maximum absolute atomic E-state index is 12.1. The van der Waals surface area contributed by atoms with Crippen molar-refractivity contribution in [1.82, 2.24) is 4.90 Å². The van der Waals surface area contributed by atoms with Gasteiger partial charge in [-0.2, -0.15) is 0 Å². The van der Waals surface area contributed by atoms with Gasteiger partial charge in [0.1, 0.15) is 5.75 Å². The number of hydrogen-bond donors (Lipinski definition) is 1. The molecule has 25 heavy (non-hydrogen) atoms. The highest BCUT2D eigenvalue weighted by molar-refractivity contribution is 5.91. The Morgan fingerprint density at radius 2 is 2.00 bits per heavy atom. The maximum atomic E-state index is 12.1. The van der Waals surface area contributed by atoms with Crippen LogP contribution in [-0.4, -0.2) is 44.2 Å². The molecule has 1 N–H and O–H groups in total. The lowest BCUT2D eigenvalue weighted by molar-refractivity contribution is -0.118. The van der Waals surface area contributed by atoms with Crippen molar-refractivity contribution in [3.05, 3.63) is 59.7 Å². The molecule has 2 aromatic rings. The SMILES string of the molecule is Cc1ccccc1OCC(=O)Nc1ccc(C2CN(C)CCO2)cc1. The summed E-state index contributed by atoms with van der Waals surface area (Å²) in [5.41, 5.74) is 2.89. The second-order valence-corrected chi connectivity index (χ2v) is 6.35. The van der Waals surface area contributed by atoms with Crippen LogP contribution in [0.3, 0.4) is 0 Å². The zero-order valence-electron chi connectivity index (χ0n) is 14.7. The molecule has 132 valence electrons. The number of carbonyl (C=O) groups is 1. The predicted molar refractivity (Wildman–Crippen MR) is 97.9 cm³/mol. The van der Waals surface area contributed by atoms with Crippen LogP contribution in [0.5, 0.6) is 5.75 Å². The molecule has 1 unspecified atom stereocenters. The van der Waals surface area contributed by atoms with Crippen LogP contribution < -0.4 is 10.1 Å². The van der Waals surface area contributed by atoms with Crippen LogP contribution in [0.25, 0.3) is 0 Å². The van der Waals surface area contributed by atoms with Crippen molar-refractivity contribution in [2.75, 3.05) is 38.7 Å². The van der Waals surface area contributed by atoms with Crippen LogP contribution in [0, 0.1) is 6.92 Å². The lowest BCUT2D eigenvalue weighted by atomic mass is 10.1. The number of nitrogens with one attached hydrogen (secondary N) is 1. The first-order chi connectivity index (χ1) is 12.1. The number of hydrogen-bond acceptors (Lipinski definition) is 4. The van der Waals surface area contributed by atoms with Gasteiger partial charge in [-0.3, -0.25) is 4.79 Å².